The maximum Gasteiger partial charge on any atom is 0.253 e. The van der Waals surface area contributed by atoms with Crippen LogP contribution in [0, 0.1) is 11.8 Å². The van der Waals surface area contributed by atoms with Crippen molar-refractivity contribution in [2.75, 3.05) is 41.0 Å². The normalized spacial score (nSPS) is 20.0. The molecule has 2 aromatic rings. The predicted octanol–water partition coefficient (Wildman–Crippen LogP) is 3.09. The van der Waals surface area contributed by atoms with Crippen molar-refractivity contribution in [2.24, 2.45) is 11.8 Å². The van der Waals surface area contributed by atoms with Gasteiger partial charge in [-0.2, -0.15) is 0 Å². The second kappa shape index (κ2) is 9.51. The molecule has 1 saturated carbocycles. The summed E-state index contributed by atoms with van der Waals surface area (Å²) in [7, 11) is 4.70. The molecular formula is C25H30N2O5. The van der Waals surface area contributed by atoms with Gasteiger partial charge in [0, 0.05) is 31.1 Å². The lowest BCUT2D eigenvalue weighted by Crippen LogP contribution is -2.36. The number of nitrogens with one attached hydrogen (secondary N) is 1. The summed E-state index contributed by atoms with van der Waals surface area (Å²) in [5, 5.41) is 3.10. The Morgan fingerprint density at radius 1 is 0.969 bits per heavy atom. The minimum atomic E-state index is -0.357. The first kappa shape index (κ1) is 22.0. The Bertz CT molecular complexity index is 949. The van der Waals surface area contributed by atoms with Gasteiger partial charge in [-0.25, -0.2) is 0 Å². The van der Waals surface area contributed by atoms with Gasteiger partial charge in [-0.1, -0.05) is 18.2 Å². The van der Waals surface area contributed by atoms with Gasteiger partial charge in [0.2, 0.25) is 11.7 Å². The van der Waals surface area contributed by atoms with Crippen molar-refractivity contribution in [1.29, 1.82) is 0 Å². The third-order valence-corrected chi connectivity index (χ3v) is 6.34. The number of likely N-dealkylation sites (tertiary alicyclic amines) is 1. The van der Waals surface area contributed by atoms with Crippen LogP contribution in [0.4, 0.5) is 0 Å². The minimum Gasteiger partial charge on any atom is -0.493 e. The fourth-order valence-electron chi connectivity index (χ4n) is 4.35. The van der Waals surface area contributed by atoms with E-state index < -0.39 is 0 Å². The summed E-state index contributed by atoms with van der Waals surface area (Å²) in [5.41, 5.74) is 1.50. The van der Waals surface area contributed by atoms with Crippen LogP contribution in [0.25, 0.3) is 0 Å². The first-order valence-corrected chi connectivity index (χ1v) is 11.0. The van der Waals surface area contributed by atoms with E-state index in [1.807, 2.05) is 30.3 Å². The molecule has 1 aliphatic heterocycles. The molecule has 170 valence electrons. The van der Waals surface area contributed by atoms with Gasteiger partial charge in [0.1, 0.15) is 0 Å². The Morgan fingerprint density at radius 3 is 2.19 bits per heavy atom. The molecule has 0 radical (unpaired) electrons. The van der Waals surface area contributed by atoms with Gasteiger partial charge in [0.25, 0.3) is 5.91 Å². The molecule has 32 heavy (non-hydrogen) atoms. The zero-order valence-corrected chi connectivity index (χ0v) is 18.8. The number of carbonyl (C=O) groups is 2. The van der Waals surface area contributed by atoms with Gasteiger partial charge in [-0.15, -0.1) is 0 Å². The van der Waals surface area contributed by atoms with Crippen molar-refractivity contribution in [2.45, 2.75) is 18.8 Å². The van der Waals surface area contributed by atoms with Crippen LogP contribution < -0.4 is 19.5 Å². The summed E-state index contributed by atoms with van der Waals surface area (Å²) < 4.78 is 16.5. The third kappa shape index (κ3) is 4.52. The van der Waals surface area contributed by atoms with Crippen LogP contribution in [0.1, 0.15) is 34.7 Å². The molecule has 1 saturated heterocycles. The Balaban J connectivity index is 1.65. The number of amides is 2. The maximum atomic E-state index is 13.2. The van der Waals surface area contributed by atoms with E-state index in [2.05, 4.69) is 5.32 Å². The highest BCUT2D eigenvalue weighted by Gasteiger charge is 2.41. The van der Waals surface area contributed by atoms with E-state index in [9.17, 15) is 9.59 Å². The maximum absolute atomic E-state index is 13.2. The summed E-state index contributed by atoms with van der Waals surface area (Å²) >= 11 is 0. The van der Waals surface area contributed by atoms with Gasteiger partial charge in [-0.3, -0.25) is 9.59 Å². The lowest BCUT2D eigenvalue weighted by molar-refractivity contribution is -0.125. The Labute approximate surface area is 188 Å². The highest BCUT2D eigenvalue weighted by atomic mass is 16.5. The van der Waals surface area contributed by atoms with Gasteiger partial charge >= 0.3 is 0 Å². The van der Waals surface area contributed by atoms with Crippen LogP contribution in [-0.4, -0.2) is 57.7 Å². The Morgan fingerprint density at radius 2 is 1.62 bits per heavy atom. The molecule has 2 unspecified atom stereocenters. The average molecular weight is 439 g/mol. The molecule has 7 heteroatoms. The molecule has 1 heterocycles. The van der Waals surface area contributed by atoms with Crippen LogP contribution in [0.2, 0.25) is 0 Å². The van der Waals surface area contributed by atoms with Crippen molar-refractivity contribution in [3.8, 4) is 17.2 Å². The molecule has 2 atom stereocenters. The lowest BCUT2D eigenvalue weighted by atomic mass is 9.88. The molecule has 0 spiro atoms. The van der Waals surface area contributed by atoms with Crippen molar-refractivity contribution < 1.29 is 23.8 Å². The van der Waals surface area contributed by atoms with Crippen molar-refractivity contribution in [1.82, 2.24) is 10.2 Å². The summed E-state index contributed by atoms with van der Waals surface area (Å²) in [5.74, 6) is 1.53. The zero-order chi connectivity index (χ0) is 22.7. The molecule has 1 N–H and O–H groups in total. The molecule has 2 fully saturated rings. The van der Waals surface area contributed by atoms with Crippen LogP contribution >= 0.6 is 0 Å². The van der Waals surface area contributed by atoms with Gasteiger partial charge in [0.05, 0.1) is 27.2 Å². The number of ether oxygens (including phenoxy) is 3. The molecule has 4 rings (SSSR count). The summed E-state index contributed by atoms with van der Waals surface area (Å²) in [6.07, 6.45) is 2.33. The highest BCUT2D eigenvalue weighted by molar-refractivity contribution is 5.95. The molecule has 7 nitrogen and oxygen atoms in total. The van der Waals surface area contributed by atoms with Crippen molar-refractivity contribution in [3.05, 3.63) is 53.6 Å². The van der Waals surface area contributed by atoms with E-state index in [1.165, 1.54) is 12.8 Å². The predicted molar refractivity (Wildman–Crippen MR) is 120 cm³/mol. The number of hydrogen-bond acceptors (Lipinski definition) is 5. The van der Waals surface area contributed by atoms with E-state index in [-0.39, 0.29) is 23.7 Å². The summed E-state index contributed by atoms with van der Waals surface area (Å²) in [6, 6.07) is 12.9. The van der Waals surface area contributed by atoms with Gasteiger partial charge in [-0.05, 0) is 48.6 Å². The van der Waals surface area contributed by atoms with Gasteiger partial charge in [0.15, 0.2) is 11.5 Å². The standard InChI is InChI=1S/C25H30N2O5/c1-30-21-11-18(12-22(31-2)23(21)32-3)19-14-27(25(29)17-7-5-4-6-8-17)15-20(19)24(28)26-13-16-9-10-16/h4-8,11-12,16,19-20H,9-10,13-15H2,1-3H3,(H,26,28). The molecule has 2 amide bonds. The van der Waals surface area contributed by atoms with Crippen molar-refractivity contribution in [3.63, 3.8) is 0 Å². The first-order valence-electron chi connectivity index (χ1n) is 11.0. The Hall–Kier alpha value is -3.22. The van der Waals surface area contributed by atoms with E-state index in [4.69, 9.17) is 14.2 Å². The van der Waals surface area contributed by atoms with E-state index in [0.717, 1.165) is 5.56 Å². The second-order valence-corrected chi connectivity index (χ2v) is 8.44. The van der Waals surface area contributed by atoms with Crippen LogP contribution in [-0.2, 0) is 4.79 Å². The monoisotopic (exact) mass is 438 g/mol. The lowest BCUT2D eigenvalue weighted by Gasteiger charge is -2.21. The van der Waals surface area contributed by atoms with E-state index in [0.29, 0.717) is 48.4 Å². The summed E-state index contributed by atoms with van der Waals surface area (Å²) in [6.45, 7) is 1.50. The summed E-state index contributed by atoms with van der Waals surface area (Å²) in [4.78, 5) is 28.1. The highest BCUT2D eigenvalue weighted by Crippen LogP contribution is 2.43. The second-order valence-electron chi connectivity index (χ2n) is 8.44. The number of nitrogens with zero attached hydrogens (tertiary/aromatic N) is 1. The molecule has 2 aliphatic rings. The molecule has 0 bridgehead atoms. The van der Waals surface area contributed by atoms with E-state index in [1.54, 1.807) is 38.4 Å². The molecule has 0 aromatic heterocycles. The van der Waals surface area contributed by atoms with Crippen LogP contribution in [0.3, 0.4) is 0 Å². The van der Waals surface area contributed by atoms with Crippen LogP contribution in [0.15, 0.2) is 42.5 Å². The van der Waals surface area contributed by atoms with Gasteiger partial charge < -0.3 is 24.4 Å². The first-order chi connectivity index (χ1) is 15.5. The fraction of sp³-hybridized carbons (Fsp3) is 0.440. The zero-order valence-electron chi connectivity index (χ0n) is 18.8. The largest absolute Gasteiger partial charge is 0.493 e. The van der Waals surface area contributed by atoms with Crippen LogP contribution in [0.5, 0.6) is 17.2 Å². The number of rotatable bonds is 8. The topological polar surface area (TPSA) is 77.1 Å². The number of carbonyl (C=O) groups excluding carboxylic acids is 2. The van der Waals surface area contributed by atoms with Crippen molar-refractivity contribution >= 4 is 11.8 Å². The molecule has 1 aliphatic carbocycles. The minimum absolute atomic E-state index is 0.0148. The molecular weight excluding hydrogens is 408 g/mol. The number of benzene rings is 2. The smallest absolute Gasteiger partial charge is 0.253 e. The van der Waals surface area contributed by atoms with E-state index >= 15 is 0 Å². The fourth-order valence-corrected chi connectivity index (χ4v) is 4.35. The number of methoxy groups -OCH3 is 3. The quantitative estimate of drug-likeness (QED) is 0.685. The SMILES string of the molecule is COc1cc(C2CN(C(=O)c3ccccc3)CC2C(=O)NCC2CC2)cc(OC)c1OC. The Kier molecular flexibility index (Phi) is 6.53. The third-order valence-electron chi connectivity index (χ3n) is 6.34. The molecule has 2 aromatic carbocycles. The average Bonchev–Trinajstić information content (AvgIpc) is 3.57. The number of hydrogen-bond donors (Lipinski definition) is 1.